The Morgan fingerprint density at radius 3 is 2.70 bits per heavy atom. The molecule has 1 atom stereocenters. The topological polar surface area (TPSA) is 92.9 Å². The summed E-state index contributed by atoms with van der Waals surface area (Å²) in [5, 5.41) is 12.8. The second-order valence-corrected chi connectivity index (χ2v) is 5.20. The van der Waals surface area contributed by atoms with Crippen molar-refractivity contribution in [1.82, 2.24) is 0 Å². The van der Waals surface area contributed by atoms with E-state index in [0.29, 0.717) is 17.8 Å². The minimum atomic E-state index is -0.128. The molecular weight excluding hydrogens is 301 g/mol. The van der Waals surface area contributed by atoms with Crippen molar-refractivity contribution < 1.29 is 4.79 Å². The number of amides is 1. The summed E-state index contributed by atoms with van der Waals surface area (Å²) in [6, 6.07) is 4.88. The summed E-state index contributed by atoms with van der Waals surface area (Å²) in [5.74, 6) is -0.183. The van der Waals surface area contributed by atoms with Crippen molar-refractivity contribution in [2.45, 2.75) is 6.42 Å². The van der Waals surface area contributed by atoms with E-state index in [9.17, 15) is 4.79 Å². The van der Waals surface area contributed by atoms with Gasteiger partial charge >= 0.3 is 0 Å². The number of hydrogen-bond acceptors (Lipinski definition) is 3. The second kappa shape index (κ2) is 6.02. The van der Waals surface area contributed by atoms with E-state index in [2.05, 4.69) is 10.0 Å². The Labute approximate surface area is 125 Å². The fraction of sp³-hybridized carbons (Fsp3) is 0.333. The standard InChI is InChI=1S/C12H9Cl2N5O/c13-9-1-7(4-15)2-10(14)12(9)19-6-8(3-11(19)20)5-17-18-16/h1-2,8H,3,5-6H2. The van der Waals surface area contributed by atoms with Crippen LogP contribution in [-0.2, 0) is 4.79 Å². The number of nitrogens with zero attached hydrogens (tertiary/aromatic N) is 5. The van der Waals surface area contributed by atoms with Gasteiger partial charge in [0.1, 0.15) is 0 Å². The first kappa shape index (κ1) is 14.5. The third-order valence-electron chi connectivity index (χ3n) is 3.02. The molecule has 0 aliphatic carbocycles. The molecule has 1 aliphatic heterocycles. The van der Waals surface area contributed by atoms with Crippen LogP contribution in [0.15, 0.2) is 17.2 Å². The van der Waals surface area contributed by atoms with Crippen molar-refractivity contribution in [2.24, 2.45) is 11.0 Å². The number of carbonyl (C=O) groups is 1. The first-order chi connectivity index (χ1) is 9.56. The van der Waals surface area contributed by atoms with Crippen LogP contribution in [-0.4, -0.2) is 19.0 Å². The number of anilines is 1. The zero-order valence-electron chi connectivity index (χ0n) is 10.3. The minimum Gasteiger partial charge on any atom is -0.309 e. The summed E-state index contributed by atoms with van der Waals surface area (Å²) >= 11 is 12.2. The first-order valence-corrected chi connectivity index (χ1v) is 6.52. The molecule has 0 bridgehead atoms. The monoisotopic (exact) mass is 309 g/mol. The summed E-state index contributed by atoms with van der Waals surface area (Å²) in [4.78, 5) is 16.2. The highest BCUT2D eigenvalue weighted by Crippen LogP contribution is 2.38. The molecule has 2 rings (SSSR count). The van der Waals surface area contributed by atoms with Gasteiger partial charge in [-0.25, -0.2) is 0 Å². The Morgan fingerprint density at radius 2 is 2.15 bits per heavy atom. The Kier molecular flexibility index (Phi) is 4.35. The predicted molar refractivity (Wildman–Crippen MR) is 75.7 cm³/mol. The van der Waals surface area contributed by atoms with E-state index in [0.717, 1.165) is 0 Å². The highest BCUT2D eigenvalue weighted by molar-refractivity contribution is 6.40. The van der Waals surface area contributed by atoms with Gasteiger partial charge in [-0.1, -0.05) is 28.3 Å². The third kappa shape index (κ3) is 2.81. The molecule has 1 aliphatic rings. The van der Waals surface area contributed by atoms with E-state index in [4.69, 9.17) is 34.0 Å². The molecule has 20 heavy (non-hydrogen) atoms. The zero-order chi connectivity index (χ0) is 14.7. The van der Waals surface area contributed by atoms with Gasteiger partial charge in [-0.3, -0.25) is 4.79 Å². The van der Waals surface area contributed by atoms with Gasteiger partial charge in [-0.2, -0.15) is 5.26 Å². The van der Waals surface area contributed by atoms with Gasteiger partial charge in [-0.05, 0) is 23.6 Å². The van der Waals surface area contributed by atoms with Crippen LogP contribution in [0.25, 0.3) is 10.4 Å². The average Bonchev–Trinajstić information content (AvgIpc) is 2.76. The average molecular weight is 310 g/mol. The van der Waals surface area contributed by atoms with Crippen LogP contribution in [0, 0.1) is 17.2 Å². The Hall–Kier alpha value is -1.93. The van der Waals surface area contributed by atoms with Crippen LogP contribution in [0.5, 0.6) is 0 Å². The number of carbonyl (C=O) groups excluding carboxylic acids is 1. The molecule has 1 amide bonds. The minimum absolute atomic E-state index is 0.0545. The van der Waals surface area contributed by atoms with Gasteiger partial charge < -0.3 is 4.90 Å². The summed E-state index contributed by atoms with van der Waals surface area (Å²) in [6.45, 7) is 0.646. The predicted octanol–water partition coefficient (Wildman–Crippen LogP) is 3.53. The Morgan fingerprint density at radius 1 is 1.50 bits per heavy atom. The van der Waals surface area contributed by atoms with Gasteiger partial charge in [0.05, 0.1) is 27.4 Å². The lowest BCUT2D eigenvalue weighted by atomic mass is 10.1. The molecule has 1 saturated heterocycles. The number of benzene rings is 1. The van der Waals surface area contributed by atoms with Crippen molar-refractivity contribution in [1.29, 1.82) is 5.26 Å². The molecule has 0 N–H and O–H groups in total. The number of azide groups is 1. The summed E-state index contributed by atoms with van der Waals surface area (Å²) < 4.78 is 0. The zero-order valence-corrected chi connectivity index (χ0v) is 11.8. The Balaban J connectivity index is 2.31. The number of halogens is 2. The summed E-state index contributed by atoms with van der Waals surface area (Å²) in [5.41, 5.74) is 9.05. The summed E-state index contributed by atoms with van der Waals surface area (Å²) in [7, 11) is 0. The molecular formula is C12H9Cl2N5O. The molecule has 6 nitrogen and oxygen atoms in total. The van der Waals surface area contributed by atoms with Crippen molar-refractivity contribution in [3.8, 4) is 6.07 Å². The van der Waals surface area contributed by atoms with Crippen molar-refractivity contribution in [3.63, 3.8) is 0 Å². The molecule has 0 aromatic heterocycles. The lowest BCUT2D eigenvalue weighted by molar-refractivity contribution is -0.117. The van der Waals surface area contributed by atoms with Gasteiger partial charge in [0.25, 0.3) is 0 Å². The molecule has 1 fully saturated rings. The van der Waals surface area contributed by atoms with Crippen LogP contribution in [0.3, 0.4) is 0 Å². The lowest BCUT2D eigenvalue weighted by Crippen LogP contribution is -2.25. The smallest absolute Gasteiger partial charge is 0.227 e. The third-order valence-corrected chi connectivity index (χ3v) is 3.60. The molecule has 1 aromatic rings. The molecule has 102 valence electrons. The fourth-order valence-electron chi connectivity index (χ4n) is 2.16. The van der Waals surface area contributed by atoms with E-state index < -0.39 is 0 Å². The van der Waals surface area contributed by atoms with E-state index in [-0.39, 0.29) is 34.8 Å². The van der Waals surface area contributed by atoms with Crippen LogP contribution in [0.1, 0.15) is 12.0 Å². The van der Waals surface area contributed by atoms with E-state index in [1.807, 2.05) is 6.07 Å². The van der Waals surface area contributed by atoms with E-state index in [1.54, 1.807) is 0 Å². The van der Waals surface area contributed by atoms with Crippen molar-refractivity contribution >= 4 is 34.8 Å². The van der Waals surface area contributed by atoms with Crippen molar-refractivity contribution in [3.05, 3.63) is 38.2 Å². The highest BCUT2D eigenvalue weighted by atomic mass is 35.5. The maximum Gasteiger partial charge on any atom is 0.227 e. The Bertz CT molecular complexity index is 625. The SMILES string of the molecule is N#Cc1cc(Cl)c(N2CC(CN=[N+]=[N-])CC2=O)c(Cl)c1. The molecule has 1 heterocycles. The number of hydrogen-bond donors (Lipinski definition) is 0. The highest BCUT2D eigenvalue weighted by Gasteiger charge is 2.32. The van der Waals surface area contributed by atoms with Gasteiger partial charge in [0.15, 0.2) is 0 Å². The number of rotatable bonds is 3. The normalized spacial score (nSPS) is 17.8. The van der Waals surface area contributed by atoms with Gasteiger partial charge in [0, 0.05) is 24.4 Å². The molecule has 0 saturated carbocycles. The lowest BCUT2D eigenvalue weighted by Gasteiger charge is -2.19. The largest absolute Gasteiger partial charge is 0.309 e. The van der Waals surface area contributed by atoms with Crippen LogP contribution in [0.4, 0.5) is 5.69 Å². The molecule has 0 spiro atoms. The molecule has 0 radical (unpaired) electrons. The first-order valence-electron chi connectivity index (χ1n) is 5.77. The van der Waals surface area contributed by atoms with Gasteiger partial charge in [0.2, 0.25) is 5.91 Å². The molecule has 8 heteroatoms. The maximum atomic E-state index is 12.0. The molecule has 1 unspecified atom stereocenters. The van der Waals surface area contributed by atoms with Crippen LogP contribution in [0.2, 0.25) is 10.0 Å². The van der Waals surface area contributed by atoms with Gasteiger partial charge in [-0.15, -0.1) is 0 Å². The van der Waals surface area contributed by atoms with E-state index in [1.165, 1.54) is 17.0 Å². The quantitative estimate of drug-likeness (QED) is 0.485. The van der Waals surface area contributed by atoms with Crippen molar-refractivity contribution in [2.75, 3.05) is 18.0 Å². The number of nitriles is 1. The van der Waals surface area contributed by atoms with Crippen LogP contribution < -0.4 is 4.90 Å². The fourth-order valence-corrected chi connectivity index (χ4v) is 2.85. The summed E-state index contributed by atoms with van der Waals surface area (Å²) in [6.07, 6.45) is 0.283. The maximum absolute atomic E-state index is 12.0. The second-order valence-electron chi connectivity index (χ2n) is 4.39. The molecule has 1 aromatic carbocycles. The van der Waals surface area contributed by atoms with E-state index >= 15 is 0 Å². The van der Waals surface area contributed by atoms with Crippen LogP contribution >= 0.6 is 23.2 Å².